The van der Waals surface area contributed by atoms with Gasteiger partial charge in [0.05, 0.1) is 23.9 Å². The van der Waals surface area contributed by atoms with Crippen LogP contribution in [0.1, 0.15) is 18.1 Å². The van der Waals surface area contributed by atoms with E-state index in [-0.39, 0.29) is 19.2 Å². The summed E-state index contributed by atoms with van der Waals surface area (Å²) in [5, 5.41) is 8.83. The van der Waals surface area contributed by atoms with Crippen LogP contribution in [0.25, 0.3) is 0 Å². The number of fused-ring (bicyclic) bond motifs is 1. The highest BCUT2D eigenvalue weighted by Crippen LogP contribution is 2.27. The first-order valence-electron chi connectivity index (χ1n) is 5.54. The number of hydrogen-bond donors (Lipinski definition) is 0. The topological polar surface area (TPSA) is 70.4 Å². The summed E-state index contributed by atoms with van der Waals surface area (Å²) in [5.41, 5.74) is 1.29. The molecule has 2 rings (SSSR count). The van der Waals surface area contributed by atoms with E-state index in [4.69, 9.17) is 10.00 Å². The molecule has 0 N–H and O–H groups in total. The Bertz CT molecular complexity index is 604. The molecule has 96 valence electrons. The third kappa shape index (κ3) is 2.47. The highest BCUT2D eigenvalue weighted by atomic mass is 32.2. The van der Waals surface area contributed by atoms with Crippen molar-refractivity contribution in [3.8, 4) is 11.8 Å². The Labute approximate surface area is 107 Å². The molecule has 0 amide bonds. The summed E-state index contributed by atoms with van der Waals surface area (Å²) in [6.07, 6.45) is 1.19. The second-order valence-corrected chi connectivity index (χ2v) is 6.34. The minimum absolute atomic E-state index is 0.224. The van der Waals surface area contributed by atoms with Gasteiger partial charge in [-0.1, -0.05) is 6.07 Å². The average molecular weight is 266 g/mol. The largest absolute Gasteiger partial charge is 0.492 e. The van der Waals surface area contributed by atoms with Crippen molar-refractivity contribution in [3.63, 3.8) is 0 Å². The van der Waals surface area contributed by atoms with E-state index < -0.39 is 10.0 Å². The van der Waals surface area contributed by atoms with E-state index in [2.05, 4.69) is 0 Å². The van der Waals surface area contributed by atoms with Crippen LogP contribution in [0.2, 0.25) is 0 Å². The quantitative estimate of drug-likeness (QED) is 0.763. The number of rotatable bonds is 1. The highest BCUT2D eigenvalue weighted by Gasteiger charge is 2.28. The fourth-order valence-corrected chi connectivity index (χ4v) is 3.04. The van der Waals surface area contributed by atoms with E-state index in [1.54, 1.807) is 25.1 Å². The van der Waals surface area contributed by atoms with Gasteiger partial charge >= 0.3 is 0 Å². The SMILES string of the molecule is C[C@H]1COc2cc(C#N)ccc2CN1S(C)(=O)=O. The molecular formula is C12H14N2O3S. The number of benzene rings is 1. The Morgan fingerprint density at radius 3 is 2.83 bits per heavy atom. The molecule has 1 atom stereocenters. The molecule has 1 aliphatic rings. The molecule has 18 heavy (non-hydrogen) atoms. The molecule has 0 aromatic heterocycles. The van der Waals surface area contributed by atoms with Crippen molar-refractivity contribution in [2.24, 2.45) is 0 Å². The van der Waals surface area contributed by atoms with Crippen LogP contribution in [-0.4, -0.2) is 31.6 Å². The van der Waals surface area contributed by atoms with Gasteiger partial charge in [-0.3, -0.25) is 0 Å². The van der Waals surface area contributed by atoms with E-state index in [1.165, 1.54) is 10.6 Å². The fourth-order valence-electron chi connectivity index (χ4n) is 1.95. The number of nitriles is 1. The Hall–Kier alpha value is -1.58. The van der Waals surface area contributed by atoms with E-state index in [0.29, 0.717) is 11.3 Å². The third-order valence-corrected chi connectivity index (χ3v) is 4.26. The normalized spacial score (nSPS) is 20.4. The minimum Gasteiger partial charge on any atom is -0.492 e. The lowest BCUT2D eigenvalue weighted by Gasteiger charge is -2.23. The van der Waals surface area contributed by atoms with Crippen LogP contribution < -0.4 is 4.74 Å². The summed E-state index contributed by atoms with van der Waals surface area (Å²) in [6, 6.07) is 6.87. The van der Waals surface area contributed by atoms with Crippen LogP contribution in [0.4, 0.5) is 0 Å². The van der Waals surface area contributed by atoms with Crippen LogP contribution >= 0.6 is 0 Å². The highest BCUT2D eigenvalue weighted by molar-refractivity contribution is 7.88. The first-order chi connectivity index (χ1) is 8.41. The molecular weight excluding hydrogens is 252 g/mol. The van der Waals surface area contributed by atoms with E-state index in [9.17, 15) is 8.42 Å². The fraction of sp³-hybridized carbons (Fsp3) is 0.417. The van der Waals surface area contributed by atoms with E-state index in [0.717, 1.165) is 5.56 Å². The third-order valence-electron chi connectivity index (χ3n) is 2.92. The van der Waals surface area contributed by atoms with Crippen molar-refractivity contribution >= 4 is 10.0 Å². The lowest BCUT2D eigenvalue weighted by Crippen LogP contribution is -2.39. The zero-order valence-electron chi connectivity index (χ0n) is 10.3. The van der Waals surface area contributed by atoms with Gasteiger partial charge < -0.3 is 4.74 Å². The summed E-state index contributed by atoms with van der Waals surface area (Å²) in [7, 11) is -3.27. The number of sulfonamides is 1. The molecule has 1 heterocycles. The van der Waals surface area contributed by atoms with Crippen molar-refractivity contribution in [2.45, 2.75) is 19.5 Å². The van der Waals surface area contributed by atoms with Crippen molar-refractivity contribution in [1.82, 2.24) is 4.31 Å². The van der Waals surface area contributed by atoms with Crippen LogP contribution in [0.5, 0.6) is 5.75 Å². The number of hydrogen-bond acceptors (Lipinski definition) is 4. The summed E-state index contributed by atoms with van der Waals surface area (Å²) in [5.74, 6) is 0.590. The molecule has 1 aromatic rings. The van der Waals surface area contributed by atoms with Gasteiger partial charge in [-0.15, -0.1) is 0 Å². The smallest absolute Gasteiger partial charge is 0.211 e. The maximum absolute atomic E-state index is 11.7. The zero-order chi connectivity index (χ0) is 13.3. The molecule has 0 unspecified atom stereocenters. The zero-order valence-corrected chi connectivity index (χ0v) is 11.1. The van der Waals surface area contributed by atoms with E-state index >= 15 is 0 Å². The van der Waals surface area contributed by atoms with Crippen LogP contribution in [-0.2, 0) is 16.6 Å². The van der Waals surface area contributed by atoms with Gasteiger partial charge in [0.15, 0.2) is 0 Å². The molecule has 0 spiro atoms. The summed E-state index contributed by atoms with van der Waals surface area (Å²) in [6.45, 7) is 2.37. The Balaban J connectivity index is 2.42. The van der Waals surface area contributed by atoms with Gasteiger partial charge in [-0.05, 0) is 19.1 Å². The maximum Gasteiger partial charge on any atom is 0.211 e. The summed E-state index contributed by atoms with van der Waals surface area (Å²) < 4.78 is 30.4. The van der Waals surface area contributed by atoms with Gasteiger partial charge in [0.2, 0.25) is 10.0 Å². The van der Waals surface area contributed by atoms with Crippen molar-refractivity contribution in [1.29, 1.82) is 5.26 Å². The van der Waals surface area contributed by atoms with Crippen molar-refractivity contribution < 1.29 is 13.2 Å². The molecule has 0 saturated carbocycles. The number of ether oxygens (including phenoxy) is 1. The Morgan fingerprint density at radius 1 is 1.50 bits per heavy atom. The molecule has 6 heteroatoms. The lowest BCUT2D eigenvalue weighted by atomic mass is 10.1. The van der Waals surface area contributed by atoms with Crippen molar-refractivity contribution in [3.05, 3.63) is 29.3 Å². The first kappa shape index (κ1) is 12.9. The van der Waals surface area contributed by atoms with Gasteiger partial charge in [0.25, 0.3) is 0 Å². The Morgan fingerprint density at radius 2 is 2.22 bits per heavy atom. The molecule has 1 aromatic carbocycles. The molecule has 0 fully saturated rings. The second-order valence-electron chi connectivity index (χ2n) is 4.40. The molecule has 0 saturated heterocycles. The molecule has 0 radical (unpaired) electrons. The summed E-state index contributed by atoms with van der Waals surface area (Å²) >= 11 is 0. The first-order valence-corrected chi connectivity index (χ1v) is 7.39. The molecule has 1 aliphatic heterocycles. The standard InChI is InChI=1S/C12H14N2O3S/c1-9-8-17-12-5-10(6-13)3-4-11(12)7-14(9)18(2,15)16/h3-5,9H,7-8H2,1-2H3/t9-/m0/s1. The van der Waals surface area contributed by atoms with Gasteiger partial charge in [-0.25, -0.2) is 8.42 Å². The number of nitrogens with zero attached hydrogens (tertiary/aromatic N) is 2. The van der Waals surface area contributed by atoms with Crippen LogP contribution in [0.3, 0.4) is 0 Å². The summed E-state index contributed by atoms with van der Waals surface area (Å²) in [4.78, 5) is 0. The monoisotopic (exact) mass is 266 g/mol. The van der Waals surface area contributed by atoms with Gasteiger partial charge in [0, 0.05) is 12.1 Å². The minimum atomic E-state index is -3.27. The molecule has 0 bridgehead atoms. The predicted octanol–water partition coefficient (Wildman–Crippen LogP) is 1.10. The average Bonchev–Trinajstić information content (AvgIpc) is 2.48. The van der Waals surface area contributed by atoms with E-state index in [1.807, 2.05) is 6.07 Å². The Kier molecular flexibility index (Phi) is 3.28. The van der Waals surface area contributed by atoms with Gasteiger partial charge in [0.1, 0.15) is 12.4 Å². The maximum atomic E-state index is 11.7. The van der Waals surface area contributed by atoms with Crippen molar-refractivity contribution in [2.75, 3.05) is 12.9 Å². The van der Waals surface area contributed by atoms with Crippen LogP contribution in [0, 0.1) is 11.3 Å². The van der Waals surface area contributed by atoms with Crippen LogP contribution in [0.15, 0.2) is 18.2 Å². The lowest BCUT2D eigenvalue weighted by molar-refractivity contribution is 0.234. The predicted molar refractivity (Wildman–Crippen MR) is 66.5 cm³/mol. The molecule has 5 nitrogen and oxygen atoms in total. The second kappa shape index (κ2) is 4.59. The molecule has 0 aliphatic carbocycles. The van der Waals surface area contributed by atoms with Gasteiger partial charge in [-0.2, -0.15) is 9.57 Å².